The molecule has 1 aliphatic heterocycles. The number of fused-ring (bicyclic) bond motifs is 1. The van der Waals surface area contributed by atoms with E-state index in [9.17, 15) is 5.11 Å². The molecule has 0 amide bonds. The van der Waals surface area contributed by atoms with Crippen molar-refractivity contribution in [2.24, 2.45) is 0 Å². The molecule has 2 aromatic carbocycles. The van der Waals surface area contributed by atoms with Crippen molar-refractivity contribution in [3.05, 3.63) is 82.9 Å². The van der Waals surface area contributed by atoms with Crippen LogP contribution in [-0.2, 0) is 26.1 Å². The third-order valence-electron chi connectivity index (χ3n) is 5.41. The molecule has 146 valence electrons. The molecule has 2 heterocycles. The van der Waals surface area contributed by atoms with E-state index in [2.05, 4.69) is 63.0 Å². The maximum atomic E-state index is 10.9. The minimum absolute atomic E-state index is 0.535. The van der Waals surface area contributed by atoms with Crippen LogP contribution in [0.2, 0.25) is 0 Å². The molecule has 0 spiro atoms. The second-order valence-corrected chi connectivity index (χ2v) is 7.73. The molecule has 3 aromatic rings. The molecule has 0 saturated heterocycles. The lowest BCUT2D eigenvalue weighted by Crippen LogP contribution is -2.30. The first kappa shape index (κ1) is 18.8. The Kier molecular flexibility index (Phi) is 5.84. The molecule has 5 heteroatoms. The number of aromatic nitrogens is 3. The van der Waals surface area contributed by atoms with Gasteiger partial charge < -0.3 is 9.67 Å². The fourth-order valence-electron chi connectivity index (χ4n) is 3.94. The molecule has 0 fully saturated rings. The maximum absolute atomic E-state index is 10.9. The molecule has 28 heavy (non-hydrogen) atoms. The summed E-state index contributed by atoms with van der Waals surface area (Å²) in [4.78, 5) is 2.27. The highest BCUT2D eigenvalue weighted by molar-refractivity contribution is 5.24. The number of hydrogen-bond acceptors (Lipinski definition) is 4. The summed E-state index contributed by atoms with van der Waals surface area (Å²) in [6, 6.07) is 18.5. The Morgan fingerprint density at radius 2 is 1.89 bits per heavy atom. The monoisotopic (exact) mass is 376 g/mol. The van der Waals surface area contributed by atoms with E-state index in [0.717, 1.165) is 42.3 Å². The molecule has 1 atom stereocenters. The van der Waals surface area contributed by atoms with E-state index in [1.807, 2.05) is 18.2 Å². The van der Waals surface area contributed by atoms with Gasteiger partial charge >= 0.3 is 0 Å². The average Bonchev–Trinajstić information content (AvgIpc) is 3.12. The highest BCUT2D eigenvalue weighted by Gasteiger charge is 2.20. The Morgan fingerprint density at radius 3 is 2.71 bits per heavy atom. The van der Waals surface area contributed by atoms with Gasteiger partial charge in [-0.05, 0) is 30.9 Å². The first-order valence-corrected chi connectivity index (χ1v) is 10.1. The summed E-state index contributed by atoms with van der Waals surface area (Å²) >= 11 is 0. The number of nitrogens with zero attached hydrogens (tertiary/aromatic N) is 4. The maximum Gasteiger partial charge on any atom is 0.147 e. The lowest BCUT2D eigenvalue weighted by atomic mass is 10.1. The van der Waals surface area contributed by atoms with Crippen LogP contribution in [0, 0.1) is 6.92 Å². The van der Waals surface area contributed by atoms with Gasteiger partial charge in [0.15, 0.2) is 0 Å². The molecule has 1 aromatic heterocycles. The van der Waals surface area contributed by atoms with E-state index >= 15 is 0 Å². The molecule has 0 radical (unpaired) electrons. The van der Waals surface area contributed by atoms with Crippen LogP contribution in [0.1, 0.15) is 47.3 Å². The second-order valence-electron chi connectivity index (χ2n) is 7.73. The number of rotatable bonds is 7. The van der Waals surface area contributed by atoms with E-state index in [1.165, 1.54) is 18.4 Å². The van der Waals surface area contributed by atoms with Gasteiger partial charge in [0.25, 0.3) is 0 Å². The molecular formula is C23H28N4O. The zero-order chi connectivity index (χ0) is 19.3. The fourth-order valence-corrected chi connectivity index (χ4v) is 3.94. The van der Waals surface area contributed by atoms with Crippen LogP contribution in [0.3, 0.4) is 0 Å². The van der Waals surface area contributed by atoms with Crippen LogP contribution in [0.15, 0.2) is 54.6 Å². The Morgan fingerprint density at radius 1 is 1.04 bits per heavy atom. The largest absolute Gasteiger partial charge is 0.387 e. The van der Waals surface area contributed by atoms with Gasteiger partial charge in [0.2, 0.25) is 0 Å². The van der Waals surface area contributed by atoms with Crippen LogP contribution in [0.4, 0.5) is 0 Å². The minimum Gasteiger partial charge on any atom is -0.387 e. The van der Waals surface area contributed by atoms with Gasteiger partial charge in [0.05, 0.1) is 12.6 Å². The van der Waals surface area contributed by atoms with Crippen molar-refractivity contribution in [1.29, 1.82) is 0 Å². The second kappa shape index (κ2) is 8.67. The predicted molar refractivity (Wildman–Crippen MR) is 110 cm³/mol. The Hall–Kier alpha value is -2.50. The van der Waals surface area contributed by atoms with Gasteiger partial charge in [-0.2, -0.15) is 0 Å². The standard InChI is InChI=1S/C23H28N4O/c1-18-8-7-11-20(14-18)21(28)16-26(15-19-9-3-2-4-10-19)17-23-25-24-22-12-5-6-13-27(22)23/h2-4,7-11,14,21,28H,5-6,12-13,15-17H2,1H3. The third-order valence-corrected chi connectivity index (χ3v) is 5.41. The first-order chi connectivity index (χ1) is 13.7. The Balaban J connectivity index is 1.54. The van der Waals surface area contributed by atoms with Crippen molar-refractivity contribution >= 4 is 0 Å². The molecule has 0 aliphatic carbocycles. The van der Waals surface area contributed by atoms with Crippen molar-refractivity contribution in [2.45, 2.75) is 51.9 Å². The normalized spacial score (nSPS) is 14.8. The van der Waals surface area contributed by atoms with E-state index in [1.54, 1.807) is 0 Å². The van der Waals surface area contributed by atoms with Crippen molar-refractivity contribution < 1.29 is 5.11 Å². The van der Waals surface area contributed by atoms with Gasteiger partial charge in [-0.3, -0.25) is 4.90 Å². The molecule has 1 unspecified atom stereocenters. The number of hydrogen-bond donors (Lipinski definition) is 1. The van der Waals surface area contributed by atoms with Gasteiger partial charge in [-0.15, -0.1) is 10.2 Å². The summed E-state index contributed by atoms with van der Waals surface area (Å²) in [6.45, 7) is 5.06. The van der Waals surface area contributed by atoms with Crippen molar-refractivity contribution in [3.63, 3.8) is 0 Å². The Bertz CT molecular complexity index is 906. The lowest BCUT2D eigenvalue weighted by Gasteiger charge is -2.26. The van der Waals surface area contributed by atoms with E-state index in [-0.39, 0.29) is 0 Å². The quantitative estimate of drug-likeness (QED) is 0.684. The fraction of sp³-hybridized carbons (Fsp3) is 0.391. The van der Waals surface area contributed by atoms with Crippen LogP contribution < -0.4 is 0 Å². The number of aryl methyl sites for hydroxylation is 2. The highest BCUT2D eigenvalue weighted by Crippen LogP contribution is 2.20. The number of benzene rings is 2. The van der Waals surface area contributed by atoms with Gasteiger partial charge in [-0.1, -0.05) is 60.2 Å². The summed E-state index contributed by atoms with van der Waals surface area (Å²) in [5.74, 6) is 2.10. The van der Waals surface area contributed by atoms with Gasteiger partial charge in [-0.25, -0.2) is 0 Å². The zero-order valence-electron chi connectivity index (χ0n) is 16.5. The number of aliphatic hydroxyl groups is 1. The molecule has 1 N–H and O–H groups in total. The molecular weight excluding hydrogens is 348 g/mol. The van der Waals surface area contributed by atoms with Crippen molar-refractivity contribution in [3.8, 4) is 0 Å². The summed E-state index contributed by atoms with van der Waals surface area (Å²) in [6.07, 6.45) is 2.85. The molecule has 5 nitrogen and oxygen atoms in total. The van der Waals surface area contributed by atoms with Gasteiger partial charge in [0.1, 0.15) is 11.6 Å². The molecule has 0 bridgehead atoms. The number of aliphatic hydroxyl groups excluding tert-OH is 1. The van der Waals surface area contributed by atoms with Crippen LogP contribution in [0.25, 0.3) is 0 Å². The van der Waals surface area contributed by atoms with E-state index in [0.29, 0.717) is 13.1 Å². The van der Waals surface area contributed by atoms with Crippen molar-refractivity contribution in [2.75, 3.05) is 6.54 Å². The third kappa shape index (κ3) is 4.49. The molecule has 0 saturated carbocycles. The van der Waals surface area contributed by atoms with Crippen LogP contribution in [0.5, 0.6) is 0 Å². The zero-order valence-corrected chi connectivity index (χ0v) is 16.5. The molecule has 4 rings (SSSR count). The first-order valence-electron chi connectivity index (χ1n) is 10.1. The van der Waals surface area contributed by atoms with Crippen LogP contribution >= 0.6 is 0 Å². The van der Waals surface area contributed by atoms with E-state index < -0.39 is 6.10 Å². The average molecular weight is 377 g/mol. The summed E-state index contributed by atoms with van der Waals surface area (Å²) < 4.78 is 2.26. The minimum atomic E-state index is -0.535. The van der Waals surface area contributed by atoms with Gasteiger partial charge in [0, 0.05) is 26.1 Å². The van der Waals surface area contributed by atoms with Crippen molar-refractivity contribution in [1.82, 2.24) is 19.7 Å². The lowest BCUT2D eigenvalue weighted by molar-refractivity contribution is 0.102. The summed E-state index contributed by atoms with van der Waals surface area (Å²) in [7, 11) is 0. The predicted octanol–water partition coefficient (Wildman–Crippen LogP) is 3.66. The summed E-state index contributed by atoms with van der Waals surface area (Å²) in [5.41, 5.74) is 3.36. The summed E-state index contributed by atoms with van der Waals surface area (Å²) in [5, 5.41) is 19.7. The smallest absolute Gasteiger partial charge is 0.147 e. The topological polar surface area (TPSA) is 54.2 Å². The Labute approximate surface area is 166 Å². The van der Waals surface area contributed by atoms with E-state index in [4.69, 9.17) is 0 Å². The SMILES string of the molecule is Cc1cccc(C(O)CN(Cc2ccccc2)Cc2nnc3n2CCCC3)c1. The molecule has 1 aliphatic rings. The highest BCUT2D eigenvalue weighted by atomic mass is 16.3. The van der Waals surface area contributed by atoms with Crippen LogP contribution in [-0.4, -0.2) is 31.3 Å².